The Morgan fingerprint density at radius 3 is 2.84 bits per heavy atom. The van der Waals surface area contributed by atoms with Crippen LogP contribution in [-0.4, -0.2) is 43.8 Å². The van der Waals surface area contributed by atoms with Gasteiger partial charge >= 0.3 is 0 Å². The number of anilines is 2. The van der Waals surface area contributed by atoms with Gasteiger partial charge in [0.2, 0.25) is 0 Å². The third-order valence-corrected chi connectivity index (χ3v) is 3.96. The molecule has 0 amide bonds. The Labute approximate surface area is 126 Å². The molecule has 1 unspecified atom stereocenters. The number of rotatable bonds is 4. The zero-order valence-corrected chi connectivity index (χ0v) is 13.1. The van der Waals surface area contributed by atoms with E-state index in [0.29, 0.717) is 14.9 Å². The molecule has 0 radical (unpaired) electrons. The smallest absolute Gasteiger partial charge is 0.138 e. The molecule has 0 saturated carbocycles. The van der Waals surface area contributed by atoms with Crippen LogP contribution in [0.4, 0.5) is 15.8 Å². The molecule has 4 nitrogen and oxygen atoms in total. The first-order valence-electron chi connectivity index (χ1n) is 6.37. The van der Waals surface area contributed by atoms with E-state index in [9.17, 15) is 4.39 Å². The van der Waals surface area contributed by atoms with Crippen molar-refractivity contribution in [3.05, 3.63) is 21.5 Å². The minimum Gasteiger partial charge on any atom is -0.397 e. The van der Waals surface area contributed by atoms with Crippen molar-refractivity contribution in [2.75, 3.05) is 43.9 Å². The molecule has 0 spiro atoms. The van der Waals surface area contributed by atoms with E-state index in [0.717, 1.165) is 32.8 Å². The summed E-state index contributed by atoms with van der Waals surface area (Å²) < 4.78 is 19.4. The number of hydrogen-bond acceptors (Lipinski definition) is 4. The van der Waals surface area contributed by atoms with Crippen LogP contribution in [-0.2, 0) is 4.74 Å². The molecule has 19 heavy (non-hydrogen) atoms. The predicted octanol–water partition coefficient (Wildman–Crippen LogP) is 2.15. The van der Waals surface area contributed by atoms with Crippen LogP contribution in [0, 0.1) is 9.39 Å². The Morgan fingerprint density at radius 2 is 2.16 bits per heavy atom. The number of morpholine rings is 1. The van der Waals surface area contributed by atoms with Crippen molar-refractivity contribution < 1.29 is 9.13 Å². The third-order valence-electron chi connectivity index (χ3n) is 3.13. The largest absolute Gasteiger partial charge is 0.397 e. The lowest BCUT2D eigenvalue weighted by Gasteiger charge is -2.30. The minimum atomic E-state index is -0.240. The molecule has 0 bridgehead atoms. The van der Waals surface area contributed by atoms with Crippen molar-refractivity contribution in [1.29, 1.82) is 0 Å². The number of nitrogens with two attached hydrogens (primary N) is 1. The Morgan fingerprint density at radius 1 is 1.47 bits per heavy atom. The lowest BCUT2D eigenvalue weighted by molar-refractivity contribution is 0.0368. The summed E-state index contributed by atoms with van der Waals surface area (Å²) in [5.41, 5.74) is 7.15. The van der Waals surface area contributed by atoms with Gasteiger partial charge in [0.25, 0.3) is 0 Å². The summed E-state index contributed by atoms with van der Waals surface area (Å²) in [5, 5.41) is 3.27. The highest BCUT2D eigenvalue weighted by molar-refractivity contribution is 14.1. The van der Waals surface area contributed by atoms with Gasteiger partial charge in [-0.1, -0.05) is 0 Å². The van der Waals surface area contributed by atoms with Crippen LogP contribution in [0.3, 0.4) is 0 Å². The van der Waals surface area contributed by atoms with Crippen molar-refractivity contribution >= 4 is 34.0 Å². The number of nitrogen functional groups attached to an aromatic ring is 1. The summed E-state index contributed by atoms with van der Waals surface area (Å²) >= 11 is 1.94. The Bertz CT molecular complexity index is 438. The molecule has 1 fully saturated rings. The fourth-order valence-corrected chi connectivity index (χ4v) is 2.66. The number of ether oxygens (including phenoxy) is 1. The Hall–Kier alpha value is -0.600. The first kappa shape index (κ1) is 14.8. The minimum absolute atomic E-state index is 0.208. The second-order valence-corrected chi connectivity index (χ2v) is 5.97. The van der Waals surface area contributed by atoms with Crippen LogP contribution in [0.5, 0.6) is 0 Å². The maximum absolute atomic E-state index is 13.5. The van der Waals surface area contributed by atoms with Gasteiger partial charge in [0.1, 0.15) is 5.82 Å². The second kappa shape index (κ2) is 6.71. The van der Waals surface area contributed by atoms with Crippen LogP contribution in [0.2, 0.25) is 0 Å². The standard InChI is InChI=1S/C13H19FIN3O/c1-9(8-18-2-4-19-5-3-18)17-13-6-10(14)11(15)7-12(13)16/h6-7,9,17H,2-5,8,16H2,1H3. The van der Waals surface area contributed by atoms with Crippen LogP contribution in [0.25, 0.3) is 0 Å². The lowest BCUT2D eigenvalue weighted by Crippen LogP contribution is -2.42. The molecule has 1 heterocycles. The van der Waals surface area contributed by atoms with Gasteiger partial charge in [-0.05, 0) is 35.6 Å². The van der Waals surface area contributed by atoms with E-state index in [1.807, 2.05) is 22.6 Å². The molecule has 1 aliphatic heterocycles. The van der Waals surface area contributed by atoms with Gasteiger partial charge in [0.05, 0.1) is 28.2 Å². The average molecular weight is 379 g/mol. The predicted molar refractivity (Wildman–Crippen MR) is 83.9 cm³/mol. The number of benzene rings is 1. The van der Waals surface area contributed by atoms with E-state index in [1.54, 1.807) is 6.07 Å². The molecule has 2 rings (SSSR count). The molecule has 3 N–H and O–H groups in total. The van der Waals surface area contributed by atoms with Gasteiger partial charge in [-0.3, -0.25) is 4.90 Å². The van der Waals surface area contributed by atoms with Gasteiger partial charge in [0.15, 0.2) is 0 Å². The van der Waals surface area contributed by atoms with Crippen molar-refractivity contribution in [3.63, 3.8) is 0 Å². The maximum atomic E-state index is 13.5. The highest BCUT2D eigenvalue weighted by atomic mass is 127. The average Bonchev–Trinajstić information content (AvgIpc) is 2.37. The molecule has 0 aromatic heterocycles. The Kier molecular flexibility index (Phi) is 5.23. The van der Waals surface area contributed by atoms with E-state index in [4.69, 9.17) is 10.5 Å². The fraction of sp³-hybridized carbons (Fsp3) is 0.538. The lowest BCUT2D eigenvalue weighted by atomic mass is 10.2. The molecule has 6 heteroatoms. The molecular weight excluding hydrogens is 360 g/mol. The quantitative estimate of drug-likeness (QED) is 0.622. The van der Waals surface area contributed by atoms with Gasteiger partial charge in [-0.25, -0.2) is 4.39 Å². The number of hydrogen-bond donors (Lipinski definition) is 2. The zero-order chi connectivity index (χ0) is 13.8. The van der Waals surface area contributed by atoms with E-state index in [1.165, 1.54) is 6.07 Å². The van der Waals surface area contributed by atoms with Crippen LogP contribution < -0.4 is 11.1 Å². The number of nitrogens with one attached hydrogen (secondary N) is 1. The molecule has 1 aromatic carbocycles. The molecular formula is C13H19FIN3O. The summed E-state index contributed by atoms with van der Waals surface area (Å²) in [6.07, 6.45) is 0. The second-order valence-electron chi connectivity index (χ2n) is 4.81. The fourth-order valence-electron chi connectivity index (χ4n) is 2.17. The van der Waals surface area contributed by atoms with Gasteiger partial charge in [-0.15, -0.1) is 0 Å². The molecule has 1 saturated heterocycles. The highest BCUT2D eigenvalue weighted by Gasteiger charge is 2.15. The first-order chi connectivity index (χ1) is 9.06. The molecule has 1 aromatic rings. The molecule has 106 valence electrons. The Balaban J connectivity index is 1.94. The van der Waals surface area contributed by atoms with Crippen molar-refractivity contribution in [1.82, 2.24) is 4.90 Å². The summed E-state index contributed by atoms with van der Waals surface area (Å²) in [7, 11) is 0. The van der Waals surface area contributed by atoms with Crippen molar-refractivity contribution in [3.8, 4) is 0 Å². The van der Waals surface area contributed by atoms with E-state index in [-0.39, 0.29) is 11.9 Å². The highest BCUT2D eigenvalue weighted by Crippen LogP contribution is 2.24. The third kappa shape index (κ3) is 4.19. The summed E-state index contributed by atoms with van der Waals surface area (Å²) in [5.74, 6) is -0.240. The summed E-state index contributed by atoms with van der Waals surface area (Å²) in [6.45, 7) is 6.44. The van der Waals surface area contributed by atoms with Crippen LogP contribution in [0.1, 0.15) is 6.92 Å². The van der Waals surface area contributed by atoms with Crippen LogP contribution in [0.15, 0.2) is 12.1 Å². The van der Waals surface area contributed by atoms with Gasteiger partial charge in [-0.2, -0.15) is 0 Å². The maximum Gasteiger partial charge on any atom is 0.138 e. The van der Waals surface area contributed by atoms with Crippen LogP contribution >= 0.6 is 22.6 Å². The monoisotopic (exact) mass is 379 g/mol. The topological polar surface area (TPSA) is 50.5 Å². The molecule has 1 aliphatic rings. The SMILES string of the molecule is CC(CN1CCOCC1)Nc1cc(F)c(I)cc1N. The molecule has 1 atom stereocenters. The van der Waals surface area contributed by atoms with Crippen molar-refractivity contribution in [2.24, 2.45) is 0 Å². The summed E-state index contributed by atoms with van der Waals surface area (Å²) in [4.78, 5) is 2.33. The number of nitrogens with zero attached hydrogens (tertiary/aromatic N) is 1. The summed E-state index contributed by atoms with van der Waals surface area (Å²) in [6, 6.07) is 3.33. The van der Waals surface area contributed by atoms with Crippen molar-refractivity contribution in [2.45, 2.75) is 13.0 Å². The molecule has 0 aliphatic carbocycles. The van der Waals surface area contributed by atoms with Gasteiger partial charge < -0.3 is 15.8 Å². The van der Waals surface area contributed by atoms with Gasteiger partial charge in [0, 0.05) is 31.7 Å². The normalized spacial score (nSPS) is 18.3. The first-order valence-corrected chi connectivity index (χ1v) is 7.45. The zero-order valence-electron chi connectivity index (χ0n) is 11.0. The number of halogens is 2. The van der Waals surface area contributed by atoms with E-state index in [2.05, 4.69) is 17.1 Å². The van der Waals surface area contributed by atoms with E-state index < -0.39 is 0 Å². The van der Waals surface area contributed by atoms with E-state index >= 15 is 0 Å².